The van der Waals surface area contributed by atoms with Gasteiger partial charge < -0.3 is 0 Å². The summed E-state index contributed by atoms with van der Waals surface area (Å²) in [5, 5.41) is 5.52. The van der Waals surface area contributed by atoms with Crippen LogP contribution in [0.4, 0.5) is 0 Å². The molecule has 1 aliphatic carbocycles. The van der Waals surface area contributed by atoms with Crippen molar-refractivity contribution in [1.82, 2.24) is 9.78 Å². The molecule has 1 aromatic heterocycles. The van der Waals surface area contributed by atoms with Gasteiger partial charge in [-0.1, -0.05) is 40.9 Å². The average Bonchev–Trinajstić information content (AvgIpc) is 2.66. The second kappa shape index (κ2) is 6.42. The maximum absolute atomic E-state index is 6.47. The third-order valence-corrected chi connectivity index (χ3v) is 5.16. The highest BCUT2D eigenvalue weighted by Gasteiger charge is 2.23. The van der Waals surface area contributed by atoms with Crippen molar-refractivity contribution in [2.45, 2.75) is 63.7 Å². The molecule has 0 aromatic carbocycles. The molecule has 0 aliphatic heterocycles. The van der Waals surface area contributed by atoms with E-state index in [2.05, 4.69) is 39.6 Å². The van der Waals surface area contributed by atoms with Crippen LogP contribution in [0.5, 0.6) is 0 Å². The van der Waals surface area contributed by atoms with Crippen LogP contribution in [0.25, 0.3) is 0 Å². The van der Waals surface area contributed by atoms with Gasteiger partial charge in [-0.25, -0.2) is 0 Å². The molecule has 0 saturated heterocycles. The number of alkyl halides is 1. The van der Waals surface area contributed by atoms with Gasteiger partial charge in [0.1, 0.15) is 0 Å². The summed E-state index contributed by atoms with van der Waals surface area (Å²) in [5.41, 5.74) is 2.31. The highest BCUT2D eigenvalue weighted by molar-refractivity contribution is 9.09. The van der Waals surface area contributed by atoms with Crippen molar-refractivity contribution in [3.05, 3.63) is 16.4 Å². The Morgan fingerprint density at radius 1 is 1.39 bits per heavy atom. The van der Waals surface area contributed by atoms with Gasteiger partial charge in [0.2, 0.25) is 0 Å². The van der Waals surface area contributed by atoms with E-state index in [0.29, 0.717) is 4.83 Å². The van der Waals surface area contributed by atoms with Crippen molar-refractivity contribution in [2.24, 2.45) is 5.92 Å². The molecule has 0 N–H and O–H groups in total. The Morgan fingerprint density at radius 3 is 2.78 bits per heavy atom. The van der Waals surface area contributed by atoms with E-state index in [9.17, 15) is 0 Å². The zero-order chi connectivity index (χ0) is 13.1. The van der Waals surface area contributed by atoms with Crippen molar-refractivity contribution < 1.29 is 0 Å². The molecule has 2 unspecified atom stereocenters. The van der Waals surface area contributed by atoms with Crippen molar-refractivity contribution in [3.63, 3.8) is 0 Å². The van der Waals surface area contributed by atoms with Gasteiger partial charge in [-0.2, -0.15) is 5.10 Å². The van der Waals surface area contributed by atoms with E-state index in [1.807, 2.05) is 0 Å². The van der Waals surface area contributed by atoms with Crippen LogP contribution in [-0.4, -0.2) is 14.6 Å². The molecule has 0 bridgehead atoms. The van der Waals surface area contributed by atoms with Crippen LogP contribution in [0.1, 0.15) is 50.9 Å². The summed E-state index contributed by atoms with van der Waals surface area (Å²) in [6, 6.07) is 0. The van der Waals surface area contributed by atoms with Gasteiger partial charge >= 0.3 is 0 Å². The number of aromatic nitrogens is 2. The maximum Gasteiger partial charge on any atom is 0.0849 e. The van der Waals surface area contributed by atoms with E-state index in [-0.39, 0.29) is 0 Å². The lowest BCUT2D eigenvalue weighted by Gasteiger charge is -2.25. The summed E-state index contributed by atoms with van der Waals surface area (Å²) in [6.45, 7) is 5.17. The molecule has 1 fully saturated rings. The van der Waals surface area contributed by atoms with Crippen LogP contribution in [0, 0.1) is 5.92 Å². The third kappa shape index (κ3) is 3.11. The van der Waals surface area contributed by atoms with E-state index >= 15 is 0 Å². The van der Waals surface area contributed by atoms with Crippen molar-refractivity contribution in [3.8, 4) is 0 Å². The predicted octanol–water partition coefficient (Wildman–Crippen LogP) is 4.62. The Morgan fingerprint density at radius 2 is 2.17 bits per heavy atom. The Hall–Kier alpha value is -0.0200. The lowest BCUT2D eigenvalue weighted by molar-refractivity contribution is 0.359. The zero-order valence-corrected chi connectivity index (χ0v) is 13.6. The third-order valence-electron chi connectivity index (χ3n) is 3.89. The Kier molecular flexibility index (Phi) is 5.14. The van der Waals surface area contributed by atoms with E-state index in [0.717, 1.165) is 36.0 Å². The molecule has 18 heavy (non-hydrogen) atoms. The quantitative estimate of drug-likeness (QED) is 0.735. The number of hydrogen-bond acceptors (Lipinski definition) is 1. The fraction of sp³-hybridized carbons (Fsp3) is 0.786. The minimum absolute atomic E-state index is 0.693. The first-order chi connectivity index (χ1) is 8.65. The Bertz CT molecular complexity index is 403. The van der Waals surface area contributed by atoms with Crippen LogP contribution in [-0.2, 0) is 19.4 Å². The van der Waals surface area contributed by atoms with Crippen LogP contribution in [0.15, 0.2) is 0 Å². The van der Waals surface area contributed by atoms with E-state index in [1.165, 1.54) is 31.4 Å². The summed E-state index contributed by atoms with van der Waals surface area (Å²) < 4.78 is 2.10. The fourth-order valence-electron chi connectivity index (χ4n) is 2.90. The largest absolute Gasteiger partial charge is 0.268 e. The van der Waals surface area contributed by atoms with E-state index < -0.39 is 0 Å². The molecule has 2 rings (SSSR count). The zero-order valence-electron chi connectivity index (χ0n) is 11.3. The van der Waals surface area contributed by atoms with Gasteiger partial charge in [-0.05, 0) is 44.9 Å². The SMILES string of the molecule is CCc1nn(CC)c(CC2CCCC(Br)C2)c1Cl. The van der Waals surface area contributed by atoms with Gasteiger partial charge in [0.05, 0.1) is 16.4 Å². The Labute approximate surface area is 123 Å². The highest BCUT2D eigenvalue weighted by atomic mass is 79.9. The highest BCUT2D eigenvalue weighted by Crippen LogP contribution is 2.33. The second-order valence-electron chi connectivity index (χ2n) is 5.21. The van der Waals surface area contributed by atoms with Gasteiger partial charge in [-0.3, -0.25) is 4.68 Å². The fourth-order valence-corrected chi connectivity index (χ4v) is 4.10. The summed E-state index contributed by atoms with van der Waals surface area (Å²) in [4.78, 5) is 0.693. The first-order valence-electron chi connectivity index (χ1n) is 7.03. The molecule has 0 amide bonds. The lowest BCUT2D eigenvalue weighted by atomic mass is 9.86. The molecule has 2 atom stereocenters. The molecular formula is C14H22BrClN2. The van der Waals surface area contributed by atoms with Crippen molar-refractivity contribution >= 4 is 27.5 Å². The molecule has 4 heteroatoms. The first-order valence-corrected chi connectivity index (χ1v) is 8.33. The minimum Gasteiger partial charge on any atom is -0.268 e. The van der Waals surface area contributed by atoms with Gasteiger partial charge in [-0.15, -0.1) is 0 Å². The molecule has 102 valence electrons. The maximum atomic E-state index is 6.47. The van der Waals surface area contributed by atoms with Gasteiger partial charge in [0.25, 0.3) is 0 Å². The van der Waals surface area contributed by atoms with Crippen LogP contribution in [0.3, 0.4) is 0 Å². The Balaban J connectivity index is 2.14. The summed E-state index contributed by atoms with van der Waals surface area (Å²) in [5.74, 6) is 0.757. The smallest absolute Gasteiger partial charge is 0.0849 e. The predicted molar refractivity (Wildman–Crippen MR) is 80.7 cm³/mol. The van der Waals surface area contributed by atoms with E-state index in [4.69, 9.17) is 11.6 Å². The molecule has 0 radical (unpaired) electrons. The second-order valence-corrected chi connectivity index (χ2v) is 6.88. The van der Waals surface area contributed by atoms with E-state index in [1.54, 1.807) is 0 Å². The molecule has 1 aromatic rings. The van der Waals surface area contributed by atoms with Crippen molar-refractivity contribution in [1.29, 1.82) is 0 Å². The monoisotopic (exact) mass is 332 g/mol. The van der Waals surface area contributed by atoms with Crippen LogP contribution in [0.2, 0.25) is 5.02 Å². The molecule has 1 heterocycles. The molecule has 0 spiro atoms. The number of halogens is 2. The van der Waals surface area contributed by atoms with Gasteiger partial charge in [0.15, 0.2) is 0 Å². The summed E-state index contributed by atoms with van der Waals surface area (Å²) in [6.07, 6.45) is 7.25. The molecule has 2 nitrogen and oxygen atoms in total. The number of nitrogens with zero attached hydrogens (tertiary/aromatic N) is 2. The first kappa shape index (κ1) is 14.4. The molecular weight excluding hydrogens is 312 g/mol. The summed E-state index contributed by atoms with van der Waals surface area (Å²) >= 11 is 10.2. The number of hydrogen-bond donors (Lipinski definition) is 0. The standard InChI is InChI=1S/C14H22BrClN2/c1-3-12-14(16)13(18(4-2)17-12)9-10-6-5-7-11(15)8-10/h10-11H,3-9H2,1-2H3. The average molecular weight is 334 g/mol. The summed E-state index contributed by atoms with van der Waals surface area (Å²) in [7, 11) is 0. The van der Waals surface area contributed by atoms with Crippen LogP contribution < -0.4 is 0 Å². The number of rotatable bonds is 4. The topological polar surface area (TPSA) is 17.8 Å². The normalized spacial score (nSPS) is 24.4. The molecule has 1 saturated carbocycles. The van der Waals surface area contributed by atoms with Crippen molar-refractivity contribution in [2.75, 3.05) is 0 Å². The molecule has 1 aliphatic rings. The van der Waals surface area contributed by atoms with Crippen LogP contribution >= 0.6 is 27.5 Å². The minimum atomic E-state index is 0.693. The lowest BCUT2D eigenvalue weighted by Crippen LogP contribution is -2.18. The van der Waals surface area contributed by atoms with Gasteiger partial charge in [0, 0.05) is 11.4 Å². The number of aryl methyl sites for hydroxylation is 2.